The van der Waals surface area contributed by atoms with Gasteiger partial charge >= 0.3 is 12.1 Å². The molecule has 0 N–H and O–H groups in total. The number of likely N-dealkylation sites (tertiary alicyclic amines) is 1. The SMILES string of the molecule is COC(=O)C1C/C(=C\c2cccc(F)c2)CN1C(=O)OC(C)(C)C. The van der Waals surface area contributed by atoms with Crippen molar-refractivity contribution in [2.45, 2.75) is 38.8 Å². The average molecular weight is 335 g/mol. The number of methoxy groups -OCH3 is 1. The highest BCUT2D eigenvalue weighted by Crippen LogP contribution is 2.27. The van der Waals surface area contributed by atoms with Crippen LogP contribution in [0.15, 0.2) is 29.8 Å². The molecule has 5 nitrogen and oxygen atoms in total. The maximum absolute atomic E-state index is 13.3. The topological polar surface area (TPSA) is 55.8 Å². The number of rotatable bonds is 2. The number of esters is 1. The summed E-state index contributed by atoms with van der Waals surface area (Å²) in [5, 5.41) is 0. The molecule has 1 aromatic rings. The van der Waals surface area contributed by atoms with Gasteiger partial charge in [0.15, 0.2) is 0 Å². The molecule has 1 aliphatic rings. The number of amides is 1. The minimum atomic E-state index is -0.732. The molecule has 0 bridgehead atoms. The zero-order chi connectivity index (χ0) is 17.9. The molecule has 1 unspecified atom stereocenters. The number of nitrogens with zero attached hydrogens (tertiary/aromatic N) is 1. The lowest BCUT2D eigenvalue weighted by molar-refractivity contribution is -0.145. The number of halogens is 1. The number of hydrogen-bond acceptors (Lipinski definition) is 4. The molecule has 0 aliphatic carbocycles. The molecule has 0 saturated carbocycles. The lowest BCUT2D eigenvalue weighted by Gasteiger charge is -2.27. The van der Waals surface area contributed by atoms with E-state index in [-0.39, 0.29) is 12.4 Å². The van der Waals surface area contributed by atoms with E-state index in [0.717, 1.165) is 5.57 Å². The summed E-state index contributed by atoms with van der Waals surface area (Å²) >= 11 is 0. The summed E-state index contributed by atoms with van der Waals surface area (Å²) in [5.74, 6) is -0.834. The van der Waals surface area contributed by atoms with Crippen LogP contribution < -0.4 is 0 Å². The van der Waals surface area contributed by atoms with Crippen LogP contribution in [0.25, 0.3) is 6.08 Å². The van der Waals surface area contributed by atoms with Gasteiger partial charge in [0, 0.05) is 13.0 Å². The first-order valence-corrected chi connectivity index (χ1v) is 7.72. The van der Waals surface area contributed by atoms with Gasteiger partial charge in [-0.05, 0) is 44.0 Å². The maximum Gasteiger partial charge on any atom is 0.411 e. The first-order chi connectivity index (χ1) is 11.2. The van der Waals surface area contributed by atoms with Crippen molar-refractivity contribution in [3.8, 4) is 0 Å². The highest BCUT2D eigenvalue weighted by Gasteiger charge is 2.39. The van der Waals surface area contributed by atoms with Crippen LogP contribution in [0.4, 0.5) is 9.18 Å². The first kappa shape index (κ1) is 18.0. The van der Waals surface area contributed by atoms with Gasteiger partial charge in [-0.3, -0.25) is 4.90 Å². The van der Waals surface area contributed by atoms with Crippen LogP contribution in [-0.2, 0) is 14.3 Å². The number of hydrogen-bond donors (Lipinski definition) is 0. The second-order valence-electron chi connectivity index (χ2n) is 6.71. The van der Waals surface area contributed by atoms with Crippen molar-refractivity contribution in [3.05, 3.63) is 41.2 Å². The molecule has 6 heteroatoms. The Labute approximate surface area is 141 Å². The van der Waals surface area contributed by atoms with E-state index in [1.165, 1.54) is 24.1 Å². The van der Waals surface area contributed by atoms with Gasteiger partial charge in [0.1, 0.15) is 17.5 Å². The molecule has 1 aromatic carbocycles. The summed E-state index contributed by atoms with van der Waals surface area (Å²) in [7, 11) is 1.28. The third-order valence-electron chi connectivity index (χ3n) is 3.53. The minimum absolute atomic E-state index is 0.241. The predicted molar refractivity (Wildman–Crippen MR) is 87.7 cm³/mol. The molecular weight excluding hydrogens is 313 g/mol. The van der Waals surface area contributed by atoms with Crippen LogP contribution in [0.2, 0.25) is 0 Å². The fraction of sp³-hybridized carbons (Fsp3) is 0.444. The third kappa shape index (κ3) is 4.57. The van der Waals surface area contributed by atoms with Crippen molar-refractivity contribution in [1.82, 2.24) is 4.90 Å². The second kappa shape index (κ2) is 7.03. The summed E-state index contributed by atoms with van der Waals surface area (Å²) in [6.07, 6.45) is 1.55. The highest BCUT2D eigenvalue weighted by molar-refractivity contribution is 5.84. The Morgan fingerprint density at radius 2 is 2.04 bits per heavy atom. The summed E-state index contributed by atoms with van der Waals surface area (Å²) in [4.78, 5) is 25.7. The number of ether oxygens (including phenoxy) is 2. The Morgan fingerprint density at radius 1 is 1.33 bits per heavy atom. The molecule has 1 amide bonds. The van der Waals surface area contributed by atoms with Crippen molar-refractivity contribution in [2.75, 3.05) is 13.7 Å². The van der Waals surface area contributed by atoms with E-state index in [4.69, 9.17) is 9.47 Å². The van der Waals surface area contributed by atoms with E-state index in [1.54, 1.807) is 39.0 Å². The van der Waals surface area contributed by atoms with Crippen molar-refractivity contribution in [2.24, 2.45) is 0 Å². The van der Waals surface area contributed by atoms with E-state index in [9.17, 15) is 14.0 Å². The van der Waals surface area contributed by atoms with Crippen LogP contribution in [0.1, 0.15) is 32.8 Å². The van der Waals surface area contributed by atoms with Gasteiger partial charge in [0.2, 0.25) is 0 Å². The Kier molecular flexibility index (Phi) is 5.26. The third-order valence-corrected chi connectivity index (χ3v) is 3.53. The lowest BCUT2D eigenvalue weighted by Crippen LogP contribution is -2.43. The van der Waals surface area contributed by atoms with E-state index >= 15 is 0 Å². The average Bonchev–Trinajstić information content (AvgIpc) is 2.88. The number of benzene rings is 1. The second-order valence-corrected chi connectivity index (χ2v) is 6.71. The monoisotopic (exact) mass is 335 g/mol. The Morgan fingerprint density at radius 3 is 2.62 bits per heavy atom. The largest absolute Gasteiger partial charge is 0.467 e. The predicted octanol–water partition coefficient (Wildman–Crippen LogP) is 3.39. The van der Waals surface area contributed by atoms with Gasteiger partial charge in [-0.15, -0.1) is 0 Å². The summed E-state index contributed by atoms with van der Waals surface area (Å²) < 4.78 is 23.4. The number of carbonyl (C=O) groups excluding carboxylic acids is 2. The van der Waals surface area contributed by atoms with Gasteiger partial charge in [-0.1, -0.05) is 18.2 Å². The summed E-state index contributed by atoms with van der Waals surface area (Å²) in [6, 6.07) is 5.40. The molecule has 0 aromatic heterocycles. The normalized spacial score (nSPS) is 19.5. The van der Waals surface area contributed by atoms with Gasteiger partial charge in [0.05, 0.1) is 7.11 Å². The van der Waals surface area contributed by atoms with Crippen molar-refractivity contribution in [1.29, 1.82) is 0 Å². The molecule has 1 atom stereocenters. The molecule has 0 radical (unpaired) electrons. The van der Waals surface area contributed by atoms with Crippen molar-refractivity contribution in [3.63, 3.8) is 0 Å². The standard InChI is InChI=1S/C18H22FNO4/c1-18(2,3)24-17(22)20-11-13(10-15(20)16(21)23-4)8-12-6-5-7-14(19)9-12/h5-9,15H,10-11H2,1-4H3/b13-8+. The van der Waals surface area contributed by atoms with E-state index in [0.29, 0.717) is 12.0 Å². The molecule has 2 rings (SSSR count). The van der Waals surface area contributed by atoms with Gasteiger partial charge in [-0.2, -0.15) is 0 Å². The van der Waals surface area contributed by atoms with Gasteiger partial charge in [-0.25, -0.2) is 14.0 Å². The fourth-order valence-electron chi connectivity index (χ4n) is 2.55. The zero-order valence-electron chi connectivity index (χ0n) is 14.3. The van der Waals surface area contributed by atoms with Crippen LogP contribution in [-0.4, -0.2) is 42.3 Å². The minimum Gasteiger partial charge on any atom is -0.467 e. The van der Waals surface area contributed by atoms with Crippen LogP contribution in [0, 0.1) is 5.82 Å². The Hall–Kier alpha value is -2.37. The number of carbonyl (C=O) groups is 2. The summed E-state index contributed by atoms with van der Waals surface area (Å²) in [6.45, 7) is 5.53. The van der Waals surface area contributed by atoms with Crippen molar-refractivity contribution >= 4 is 18.1 Å². The first-order valence-electron chi connectivity index (χ1n) is 7.72. The molecular formula is C18H22FNO4. The molecule has 1 saturated heterocycles. The lowest BCUT2D eigenvalue weighted by atomic mass is 10.1. The molecule has 0 spiro atoms. The zero-order valence-corrected chi connectivity index (χ0v) is 14.3. The van der Waals surface area contributed by atoms with Gasteiger partial charge < -0.3 is 9.47 Å². The van der Waals surface area contributed by atoms with Crippen LogP contribution in [0.5, 0.6) is 0 Å². The maximum atomic E-state index is 13.3. The van der Waals surface area contributed by atoms with Crippen LogP contribution in [0.3, 0.4) is 0 Å². The van der Waals surface area contributed by atoms with E-state index in [2.05, 4.69) is 0 Å². The quantitative estimate of drug-likeness (QED) is 0.778. The molecule has 24 heavy (non-hydrogen) atoms. The van der Waals surface area contributed by atoms with E-state index < -0.39 is 23.7 Å². The molecule has 1 fully saturated rings. The smallest absolute Gasteiger partial charge is 0.411 e. The van der Waals surface area contributed by atoms with E-state index in [1.807, 2.05) is 0 Å². The molecule has 1 heterocycles. The van der Waals surface area contributed by atoms with Crippen LogP contribution >= 0.6 is 0 Å². The Balaban J connectivity index is 2.23. The van der Waals surface area contributed by atoms with Gasteiger partial charge in [0.25, 0.3) is 0 Å². The fourth-order valence-corrected chi connectivity index (χ4v) is 2.55. The Bertz CT molecular complexity index is 663. The molecule has 130 valence electrons. The highest BCUT2D eigenvalue weighted by atomic mass is 19.1. The summed E-state index contributed by atoms with van der Waals surface area (Å²) in [5.41, 5.74) is 0.855. The van der Waals surface area contributed by atoms with Crippen molar-refractivity contribution < 1.29 is 23.5 Å². The molecule has 1 aliphatic heterocycles.